The predicted octanol–water partition coefficient (Wildman–Crippen LogP) is 4.88. The van der Waals surface area contributed by atoms with Crippen LogP contribution in [0.25, 0.3) is 0 Å². The molecule has 1 aliphatic rings. The molecule has 16 nitrogen and oxygen atoms in total. The zero-order valence-corrected chi connectivity index (χ0v) is 30.5. The number of hydrogen-bond donors (Lipinski definition) is 6. The summed E-state index contributed by atoms with van der Waals surface area (Å²) in [5.41, 5.74) is 2.00. The number of alkyl halides is 3. The maximum Gasteiger partial charge on any atom is 0.422 e. The molecule has 1 saturated carbocycles. The second kappa shape index (κ2) is 17.4. The Morgan fingerprint density at radius 2 is 1.58 bits per heavy atom. The molecule has 20 heteroatoms. The summed E-state index contributed by atoms with van der Waals surface area (Å²) in [7, 11) is 0. The van der Waals surface area contributed by atoms with Crippen molar-refractivity contribution in [2.75, 3.05) is 29.1 Å². The number of anilines is 4. The number of carbonyl (C=O) groups is 4. The molecule has 0 radical (unpaired) electrons. The minimum absolute atomic E-state index is 0.0444. The highest BCUT2D eigenvalue weighted by atomic mass is 35.5. The second-order valence-electron chi connectivity index (χ2n) is 12.8. The standard InChI is InChI=1S/C37H34ClF3N10O6/c38-25-8-6-24(7-9-25)36(15-16-36)50-34-47-33(48-35(49-34)57-21-37(39,40)41)45-27-12-4-23(5-13-27)29(52)46-28(32(55)56)14-18-42-30(53)31(54)44-26-10-2-22(3-11-26)20-51-19-1-17-43-51/h1-13,17,19,28H,14-16,18,20-21H2,(H,42,53)(H,44,54)(H,46,52)(H,55,56)(H2,45,47,48,49,50). The van der Waals surface area contributed by atoms with Crippen LogP contribution < -0.4 is 31.3 Å². The Morgan fingerprint density at radius 3 is 2.21 bits per heavy atom. The van der Waals surface area contributed by atoms with Crippen molar-refractivity contribution >= 4 is 58.6 Å². The molecule has 1 atom stereocenters. The zero-order chi connectivity index (χ0) is 40.6. The Balaban J connectivity index is 1.02. The van der Waals surface area contributed by atoms with Crippen LogP contribution in [0, 0.1) is 0 Å². The molecule has 5 aromatic rings. The number of aromatic nitrogens is 5. The number of halogens is 4. The molecule has 6 N–H and O–H groups in total. The van der Waals surface area contributed by atoms with Gasteiger partial charge >= 0.3 is 30.0 Å². The quantitative estimate of drug-likeness (QED) is 0.0736. The van der Waals surface area contributed by atoms with Crippen LogP contribution in [0.15, 0.2) is 91.3 Å². The van der Waals surface area contributed by atoms with Crippen LogP contribution in [-0.4, -0.2) is 78.9 Å². The average molecular weight is 807 g/mol. The van der Waals surface area contributed by atoms with Gasteiger partial charge in [-0.25, -0.2) is 4.79 Å². The minimum Gasteiger partial charge on any atom is -0.480 e. The monoisotopic (exact) mass is 806 g/mol. The van der Waals surface area contributed by atoms with Crippen LogP contribution in [0.4, 0.5) is 36.4 Å². The predicted molar refractivity (Wildman–Crippen MR) is 200 cm³/mol. The first-order chi connectivity index (χ1) is 27.2. The van der Waals surface area contributed by atoms with Crippen LogP contribution in [0.1, 0.15) is 40.7 Å². The molecule has 57 heavy (non-hydrogen) atoms. The average Bonchev–Trinajstić information content (AvgIpc) is 3.76. The Morgan fingerprint density at radius 1 is 0.895 bits per heavy atom. The van der Waals surface area contributed by atoms with Gasteiger partial charge in [0.05, 0.1) is 12.1 Å². The third-order valence-corrected chi connectivity index (χ3v) is 8.78. The maximum atomic E-state index is 13.0. The molecule has 6 rings (SSSR count). The summed E-state index contributed by atoms with van der Waals surface area (Å²) < 4.78 is 45.4. The van der Waals surface area contributed by atoms with E-state index < -0.39 is 54.1 Å². The van der Waals surface area contributed by atoms with Gasteiger partial charge in [-0.1, -0.05) is 35.9 Å². The number of nitrogens with one attached hydrogen (secondary N) is 5. The van der Waals surface area contributed by atoms with E-state index >= 15 is 0 Å². The highest BCUT2D eigenvalue weighted by molar-refractivity contribution is 6.39. The zero-order valence-electron chi connectivity index (χ0n) is 29.7. The SMILES string of the molecule is O=C(NCCC(NC(=O)c1ccc(Nc2nc(NC3(c4ccc(Cl)cc4)CC3)nc(OCC(F)(F)F)n2)cc1)C(=O)O)C(=O)Nc1ccc(Cn2cccn2)cc1. The van der Waals surface area contributed by atoms with E-state index in [1.807, 2.05) is 18.3 Å². The van der Waals surface area contributed by atoms with Crippen LogP contribution in [0.2, 0.25) is 5.02 Å². The molecular formula is C37H34ClF3N10O6. The molecule has 0 saturated heterocycles. The number of ether oxygens (including phenoxy) is 1. The van der Waals surface area contributed by atoms with Gasteiger partial charge in [0, 0.05) is 40.9 Å². The molecule has 3 aromatic carbocycles. The van der Waals surface area contributed by atoms with Gasteiger partial charge in [0.1, 0.15) is 6.04 Å². The Labute approximate surface area is 327 Å². The normalized spacial score (nSPS) is 13.5. The molecule has 2 heterocycles. The summed E-state index contributed by atoms with van der Waals surface area (Å²) in [6.45, 7) is -1.35. The Bertz CT molecular complexity index is 2200. The fraction of sp³-hybridized carbons (Fsp3) is 0.243. The van der Waals surface area contributed by atoms with Crippen molar-refractivity contribution in [1.29, 1.82) is 0 Å². The number of nitrogens with zero attached hydrogens (tertiary/aromatic N) is 5. The maximum absolute atomic E-state index is 13.0. The van der Waals surface area contributed by atoms with Crippen LogP contribution in [-0.2, 0) is 26.5 Å². The van der Waals surface area contributed by atoms with Crippen LogP contribution in [0.5, 0.6) is 6.01 Å². The highest BCUT2D eigenvalue weighted by Crippen LogP contribution is 2.48. The van der Waals surface area contributed by atoms with Gasteiger partial charge in [-0.15, -0.1) is 0 Å². The van der Waals surface area contributed by atoms with Gasteiger partial charge in [0.15, 0.2) is 6.61 Å². The van der Waals surface area contributed by atoms with Crippen molar-refractivity contribution in [2.45, 2.75) is 43.6 Å². The number of aliphatic carboxylic acids is 1. The second-order valence-corrected chi connectivity index (χ2v) is 13.3. The van der Waals surface area contributed by atoms with Crippen molar-refractivity contribution in [3.63, 3.8) is 0 Å². The fourth-order valence-electron chi connectivity index (χ4n) is 5.48. The number of carbonyl (C=O) groups excluding carboxylic acids is 3. The number of hydrogen-bond acceptors (Lipinski definition) is 11. The lowest BCUT2D eigenvalue weighted by atomic mass is 10.1. The first-order valence-corrected chi connectivity index (χ1v) is 17.7. The first-order valence-electron chi connectivity index (χ1n) is 17.3. The van der Waals surface area contributed by atoms with Gasteiger partial charge in [-0.2, -0.15) is 33.2 Å². The Kier molecular flexibility index (Phi) is 12.2. The summed E-state index contributed by atoms with van der Waals surface area (Å²) in [6.07, 6.45) is -0.0234. The third-order valence-electron chi connectivity index (χ3n) is 8.52. The van der Waals surface area contributed by atoms with Crippen molar-refractivity contribution in [3.05, 3.63) is 113 Å². The molecule has 0 spiro atoms. The number of rotatable bonds is 16. The van der Waals surface area contributed by atoms with Crippen molar-refractivity contribution < 1.29 is 42.2 Å². The molecular weight excluding hydrogens is 773 g/mol. The summed E-state index contributed by atoms with van der Waals surface area (Å²) in [6, 6.07) is 19.3. The summed E-state index contributed by atoms with van der Waals surface area (Å²) in [4.78, 5) is 61.9. The van der Waals surface area contributed by atoms with Gasteiger partial charge in [0.2, 0.25) is 11.9 Å². The molecule has 1 fully saturated rings. The number of amides is 3. The van der Waals surface area contributed by atoms with E-state index in [1.54, 1.807) is 53.3 Å². The van der Waals surface area contributed by atoms with E-state index in [-0.39, 0.29) is 30.4 Å². The molecule has 0 bridgehead atoms. The molecule has 1 unspecified atom stereocenters. The third kappa shape index (κ3) is 11.4. The van der Waals surface area contributed by atoms with E-state index in [1.165, 1.54) is 24.3 Å². The van der Waals surface area contributed by atoms with E-state index in [0.29, 0.717) is 35.8 Å². The van der Waals surface area contributed by atoms with Crippen molar-refractivity contribution in [3.8, 4) is 6.01 Å². The van der Waals surface area contributed by atoms with Gasteiger partial charge < -0.3 is 36.4 Å². The lowest BCUT2D eigenvalue weighted by Crippen LogP contribution is -2.44. The molecule has 3 amide bonds. The first kappa shape index (κ1) is 39.9. The number of carboxylic acid groups (broad SMARTS) is 1. The highest BCUT2D eigenvalue weighted by Gasteiger charge is 2.45. The topological polar surface area (TPSA) is 214 Å². The molecule has 296 valence electrons. The summed E-state index contributed by atoms with van der Waals surface area (Å²) >= 11 is 6.02. The van der Waals surface area contributed by atoms with Crippen molar-refractivity contribution in [2.24, 2.45) is 0 Å². The van der Waals surface area contributed by atoms with Crippen LogP contribution >= 0.6 is 11.6 Å². The van der Waals surface area contributed by atoms with E-state index in [4.69, 9.17) is 16.3 Å². The van der Waals surface area contributed by atoms with Gasteiger partial charge in [0.25, 0.3) is 5.91 Å². The van der Waals surface area contributed by atoms with E-state index in [0.717, 1.165) is 11.1 Å². The van der Waals surface area contributed by atoms with Gasteiger partial charge in [-0.3, -0.25) is 19.1 Å². The smallest absolute Gasteiger partial charge is 0.422 e. The number of benzene rings is 3. The minimum atomic E-state index is -4.65. The fourth-order valence-corrected chi connectivity index (χ4v) is 5.60. The lowest BCUT2D eigenvalue weighted by molar-refractivity contribution is -0.154. The van der Waals surface area contributed by atoms with E-state index in [2.05, 4.69) is 46.6 Å². The van der Waals surface area contributed by atoms with E-state index in [9.17, 15) is 37.5 Å². The molecule has 1 aliphatic carbocycles. The number of carboxylic acids is 1. The van der Waals surface area contributed by atoms with Gasteiger partial charge in [-0.05, 0) is 85.0 Å². The molecule has 2 aromatic heterocycles. The largest absolute Gasteiger partial charge is 0.480 e. The van der Waals surface area contributed by atoms with Crippen molar-refractivity contribution in [1.82, 2.24) is 35.4 Å². The lowest BCUT2D eigenvalue weighted by Gasteiger charge is -2.19. The van der Waals surface area contributed by atoms with Crippen LogP contribution in [0.3, 0.4) is 0 Å². The summed E-state index contributed by atoms with van der Waals surface area (Å²) in [5.74, 6) is -4.28. The summed E-state index contributed by atoms with van der Waals surface area (Å²) in [5, 5.41) is 27.6. The molecule has 0 aliphatic heterocycles. The Hall–Kier alpha value is -6.76.